The number of hydrogen-bond donors (Lipinski definition) is 1. The quantitative estimate of drug-likeness (QED) is 0.546. The van der Waals surface area contributed by atoms with E-state index in [2.05, 4.69) is 34.7 Å². The topological polar surface area (TPSA) is 83.0 Å². The standard InChI is InChI=1S/C24H26N4OS/c1-16(2)15-21(26)23(29)28(14-13-25)24-22(17(3)27-30-24)20-11-9-19(10-12-20)18-7-5-4-6-8-18/h4-12,16,21H,14-15,26H2,1-3H3/t21-/m0/s1. The number of nitrogens with zero attached hydrogens (tertiary/aromatic N) is 3. The fourth-order valence-electron chi connectivity index (χ4n) is 3.46. The van der Waals surface area contributed by atoms with Gasteiger partial charge in [-0.05, 0) is 47.5 Å². The minimum atomic E-state index is -0.644. The summed E-state index contributed by atoms with van der Waals surface area (Å²) in [4.78, 5) is 14.5. The van der Waals surface area contributed by atoms with E-state index in [-0.39, 0.29) is 12.5 Å². The number of nitriles is 1. The Hall–Kier alpha value is -3.01. The van der Waals surface area contributed by atoms with E-state index in [1.165, 1.54) is 16.4 Å². The Kier molecular flexibility index (Phi) is 6.99. The van der Waals surface area contributed by atoms with Crippen molar-refractivity contribution in [1.82, 2.24) is 4.37 Å². The molecule has 5 nitrogen and oxygen atoms in total. The highest BCUT2D eigenvalue weighted by Crippen LogP contribution is 2.38. The van der Waals surface area contributed by atoms with Crippen LogP contribution in [-0.4, -0.2) is 22.9 Å². The van der Waals surface area contributed by atoms with Gasteiger partial charge in [0.2, 0.25) is 5.91 Å². The first-order valence-electron chi connectivity index (χ1n) is 9.98. The van der Waals surface area contributed by atoms with E-state index in [1.807, 2.05) is 51.1 Å². The van der Waals surface area contributed by atoms with Crippen molar-refractivity contribution in [3.8, 4) is 28.3 Å². The number of carbonyl (C=O) groups is 1. The van der Waals surface area contributed by atoms with Gasteiger partial charge in [0, 0.05) is 5.56 Å². The van der Waals surface area contributed by atoms with Crippen LogP contribution in [0.3, 0.4) is 0 Å². The molecule has 1 heterocycles. The summed E-state index contributed by atoms with van der Waals surface area (Å²) >= 11 is 1.23. The molecule has 0 saturated carbocycles. The van der Waals surface area contributed by atoms with Crippen molar-refractivity contribution < 1.29 is 4.79 Å². The first kappa shape index (κ1) is 21.7. The predicted molar refractivity (Wildman–Crippen MR) is 123 cm³/mol. The predicted octanol–water partition coefficient (Wildman–Crippen LogP) is 5.02. The van der Waals surface area contributed by atoms with Crippen molar-refractivity contribution in [3.63, 3.8) is 0 Å². The minimum Gasteiger partial charge on any atom is -0.320 e. The molecule has 0 aliphatic carbocycles. The normalized spacial score (nSPS) is 11.9. The molecule has 0 aliphatic rings. The van der Waals surface area contributed by atoms with Crippen LogP contribution in [0.25, 0.3) is 22.3 Å². The molecule has 0 bridgehead atoms. The monoisotopic (exact) mass is 418 g/mol. The van der Waals surface area contributed by atoms with E-state index in [0.29, 0.717) is 17.3 Å². The number of nitrogens with two attached hydrogens (primary N) is 1. The van der Waals surface area contributed by atoms with Crippen LogP contribution in [0, 0.1) is 24.2 Å². The van der Waals surface area contributed by atoms with Crippen LogP contribution in [0.4, 0.5) is 5.00 Å². The van der Waals surface area contributed by atoms with Gasteiger partial charge in [0.25, 0.3) is 0 Å². The summed E-state index contributed by atoms with van der Waals surface area (Å²) in [5.74, 6) is 0.0529. The molecule has 6 heteroatoms. The average Bonchev–Trinajstić information content (AvgIpc) is 3.12. The maximum Gasteiger partial charge on any atom is 0.245 e. The van der Waals surface area contributed by atoms with Gasteiger partial charge in [-0.2, -0.15) is 9.64 Å². The van der Waals surface area contributed by atoms with Gasteiger partial charge < -0.3 is 5.73 Å². The Balaban J connectivity index is 1.97. The van der Waals surface area contributed by atoms with Crippen LogP contribution in [0.15, 0.2) is 54.6 Å². The van der Waals surface area contributed by atoms with Crippen LogP contribution in [-0.2, 0) is 4.79 Å². The number of anilines is 1. The summed E-state index contributed by atoms with van der Waals surface area (Å²) in [7, 11) is 0. The highest BCUT2D eigenvalue weighted by Gasteiger charge is 2.28. The third kappa shape index (κ3) is 4.76. The van der Waals surface area contributed by atoms with E-state index in [4.69, 9.17) is 5.73 Å². The smallest absolute Gasteiger partial charge is 0.245 e. The summed E-state index contributed by atoms with van der Waals surface area (Å²) in [5, 5.41) is 10.0. The van der Waals surface area contributed by atoms with Crippen molar-refractivity contribution in [2.45, 2.75) is 33.2 Å². The van der Waals surface area contributed by atoms with Gasteiger partial charge in [-0.15, -0.1) is 0 Å². The van der Waals surface area contributed by atoms with Crippen molar-refractivity contribution in [2.75, 3.05) is 11.4 Å². The summed E-state index contributed by atoms with van der Waals surface area (Å²) in [5.41, 5.74) is 11.1. The zero-order chi connectivity index (χ0) is 21.7. The van der Waals surface area contributed by atoms with Gasteiger partial charge in [-0.25, -0.2) is 0 Å². The van der Waals surface area contributed by atoms with Crippen LogP contribution >= 0.6 is 11.5 Å². The molecule has 1 amide bonds. The Labute approximate surface area is 181 Å². The van der Waals surface area contributed by atoms with Crippen LogP contribution in [0.2, 0.25) is 0 Å². The SMILES string of the molecule is Cc1nsc(N(CC#N)C(=O)[C@@H](N)CC(C)C)c1-c1ccc(-c2ccccc2)cc1. The maximum atomic E-state index is 13.0. The molecule has 0 spiro atoms. The molecule has 30 heavy (non-hydrogen) atoms. The number of rotatable bonds is 7. The largest absolute Gasteiger partial charge is 0.320 e. The van der Waals surface area contributed by atoms with E-state index in [9.17, 15) is 10.1 Å². The number of carbonyl (C=O) groups excluding carboxylic acids is 1. The number of hydrogen-bond acceptors (Lipinski definition) is 5. The van der Waals surface area contributed by atoms with Crippen molar-refractivity contribution in [1.29, 1.82) is 5.26 Å². The summed E-state index contributed by atoms with van der Waals surface area (Å²) in [6.45, 7) is 5.92. The molecule has 0 unspecified atom stereocenters. The molecule has 3 rings (SSSR count). The molecule has 1 aromatic heterocycles. The van der Waals surface area contributed by atoms with Crippen LogP contribution < -0.4 is 10.6 Å². The van der Waals surface area contributed by atoms with Crippen molar-refractivity contribution in [3.05, 3.63) is 60.3 Å². The van der Waals surface area contributed by atoms with Gasteiger partial charge in [0.1, 0.15) is 11.5 Å². The third-order valence-corrected chi connectivity index (χ3v) is 5.87. The highest BCUT2D eigenvalue weighted by atomic mass is 32.1. The zero-order valence-corrected chi connectivity index (χ0v) is 18.3. The second-order valence-corrected chi connectivity index (χ2v) is 8.46. The molecular weight excluding hydrogens is 392 g/mol. The summed E-state index contributed by atoms with van der Waals surface area (Å²) in [6.07, 6.45) is 0.569. The van der Waals surface area contributed by atoms with Gasteiger partial charge >= 0.3 is 0 Å². The lowest BCUT2D eigenvalue weighted by Gasteiger charge is -2.24. The molecule has 2 N–H and O–H groups in total. The fraction of sp³-hybridized carbons (Fsp3) is 0.292. The molecule has 154 valence electrons. The minimum absolute atomic E-state index is 0.0542. The van der Waals surface area contributed by atoms with Crippen molar-refractivity contribution in [2.24, 2.45) is 11.7 Å². The van der Waals surface area contributed by atoms with E-state index < -0.39 is 6.04 Å². The molecule has 0 aliphatic heterocycles. The molecule has 1 atom stereocenters. The Bertz CT molecular complexity index is 1040. The lowest BCUT2D eigenvalue weighted by Crippen LogP contribution is -2.44. The highest BCUT2D eigenvalue weighted by molar-refractivity contribution is 7.11. The lowest BCUT2D eigenvalue weighted by atomic mass is 10.00. The molecule has 0 radical (unpaired) electrons. The summed E-state index contributed by atoms with van der Waals surface area (Å²) in [6, 6.07) is 19.8. The number of aromatic nitrogens is 1. The van der Waals surface area contributed by atoms with Gasteiger partial charge in [0.15, 0.2) is 0 Å². The van der Waals surface area contributed by atoms with Crippen molar-refractivity contribution >= 4 is 22.4 Å². The van der Waals surface area contributed by atoms with E-state index >= 15 is 0 Å². The van der Waals surface area contributed by atoms with Crippen LogP contribution in [0.1, 0.15) is 26.0 Å². The number of aryl methyl sites for hydroxylation is 1. The third-order valence-electron chi connectivity index (χ3n) is 4.91. The second-order valence-electron chi connectivity index (χ2n) is 7.71. The van der Waals surface area contributed by atoms with Gasteiger partial charge in [-0.1, -0.05) is 68.4 Å². The summed E-state index contributed by atoms with van der Waals surface area (Å²) < 4.78 is 4.48. The average molecular weight is 419 g/mol. The lowest BCUT2D eigenvalue weighted by molar-refractivity contribution is -0.120. The molecular formula is C24H26N4OS. The first-order valence-corrected chi connectivity index (χ1v) is 10.8. The molecule has 0 saturated heterocycles. The first-order chi connectivity index (χ1) is 14.4. The van der Waals surface area contributed by atoms with Gasteiger partial charge in [0.05, 0.1) is 17.8 Å². The van der Waals surface area contributed by atoms with Gasteiger partial charge in [-0.3, -0.25) is 9.69 Å². The second kappa shape index (κ2) is 9.66. The Morgan fingerprint density at radius 3 is 2.30 bits per heavy atom. The Morgan fingerprint density at radius 2 is 1.70 bits per heavy atom. The maximum absolute atomic E-state index is 13.0. The number of amides is 1. The number of benzene rings is 2. The molecule has 2 aromatic carbocycles. The Morgan fingerprint density at radius 1 is 1.10 bits per heavy atom. The zero-order valence-electron chi connectivity index (χ0n) is 17.5. The van der Waals surface area contributed by atoms with E-state index in [0.717, 1.165) is 27.9 Å². The fourth-order valence-corrected chi connectivity index (χ4v) is 4.39. The van der Waals surface area contributed by atoms with Crippen LogP contribution in [0.5, 0.6) is 0 Å². The van der Waals surface area contributed by atoms with E-state index in [1.54, 1.807) is 0 Å². The molecule has 0 fully saturated rings. The molecule has 3 aromatic rings.